The number of nitrogens with zero attached hydrogens (tertiary/aromatic N) is 2. The molecule has 0 radical (unpaired) electrons. The van der Waals surface area contributed by atoms with E-state index >= 15 is 0 Å². The van der Waals surface area contributed by atoms with E-state index in [1.165, 1.54) is 10.1 Å². The standard InChI is InChI=1S/C25H26N4O4/c1-16-27-19-9-5-8-18(22(19)24(32)29(16)20-10-11-21(30)28-23(20)31)26-14-25(12-13-33-15-25)17-6-3-2-4-7-17/h2-9,20,26H,10-15H2,1H3,(H,28,30,31). The van der Waals surface area contributed by atoms with Crippen LogP contribution in [0.1, 0.15) is 36.7 Å². The summed E-state index contributed by atoms with van der Waals surface area (Å²) in [6.07, 6.45) is 1.36. The summed E-state index contributed by atoms with van der Waals surface area (Å²) in [6.45, 7) is 3.61. The molecule has 0 aliphatic carbocycles. The second-order valence-electron chi connectivity index (χ2n) is 8.80. The molecule has 2 saturated heterocycles. The fourth-order valence-electron chi connectivity index (χ4n) is 4.93. The van der Waals surface area contributed by atoms with Crippen molar-refractivity contribution in [1.29, 1.82) is 0 Å². The molecule has 3 heterocycles. The van der Waals surface area contributed by atoms with Crippen LogP contribution in [0.4, 0.5) is 5.69 Å². The van der Waals surface area contributed by atoms with Gasteiger partial charge in [0.15, 0.2) is 0 Å². The van der Waals surface area contributed by atoms with Crippen molar-refractivity contribution < 1.29 is 14.3 Å². The van der Waals surface area contributed by atoms with Gasteiger partial charge in [-0.3, -0.25) is 24.3 Å². The number of carbonyl (C=O) groups excluding carboxylic acids is 2. The van der Waals surface area contributed by atoms with Crippen LogP contribution >= 0.6 is 0 Å². The van der Waals surface area contributed by atoms with Gasteiger partial charge < -0.3 is 10.1 Å². The molecule has 2 aliphatic heterocycles. The minimum absolute atomic E-state index is 0.190. The third kappa shape index (κ3) is 3.80. The lowest BCUT2D eigenvalue weighted by atomic mass is 9.79. The lowest BCUT2D eigenvalue weighted by Gasteiger charge is -2.29. The number of aromatic nitrogens is 2. The van der Waals surface area contributed by atoms with Crippen molar-refractivity contribution in [1.82, 2.24) is 14.9 Å². The van der Waals surface area contributed by atoms with Gasteiger partial charge in [-0.15, -0.1) is 0 Å². The molecule has 2 N–H and O–H groups in total. The number of carbonyl (C=O) groups is 2. The van der Waals surface area contributed by atoms with E-state index in [4.69, 9.17) is 4.74 Å². The molecule has 8 heteroatoms. The van der Waals surface area contributed by atoms with Crippen molar-refractivity contribution in [3.05, 3.63) is 70.3 Å². The molecule has 2 aliphatic rings. The second kappa shape index (κ2) is 8.44. The fourth-order valence-corrected chi connectivity index (χ4v) is 4.93. The Hall–Kier alpha value is -3.52. The Bertz CT molecular complexity index is 1280. The predicted octanol–water partition coefficient (Wildman–Crippen LogP) is 2.45. The maximum absolute atomic E-state index is 13.6. The van der Waals surface area contributed by atoms with Crippen LogP contribution in [0, 0.1) is 6.92 Å². The Morgan fingerprint density at radius 2 is 1.97 bits per heavy atom. The Labute approximate surface area is 191 Å². The van der Waals surface area contributed by atoms with E-state index in [1.54, 1.807) is 13.0 Å². The van der Waals surface area contributed by atoms with Crippen molar-refractivity contribution in [2.24, 2.45) is 0 Å². The van der Waals surface area contributed by atoms with Gasteiger partial charge in [-0.2, -0.15) is 0 Å². The van der Waals surface area contributed by atoms with Crippen LogP contribution in [-0.4, -0.2) is 41.1 Å². The SMILES string of the molecule is Cc1nc2cccc(NCC3(c4ccccc4)CCOC3)c2c(=O)n1C1CCC(=O)NC1=O. The lowest BCUT2D eigenvalue weighted by Crippen LogP contribution is -2.45. The second-order valence-corrected chi connectivity index (χ2v) is 8.80. The Balaban J connectivity index is 1.53. The van der Waals surface area contributed by atoms with Gasteiger partial charge in [-0.1, -0.05) is 36.4 Å². The first-order chi connectivity index (χ1) is 16.0. The average molecular weight is 447 g/mol. The van der Waals surface area contributed by atoms with E-state index in [0.717, 1.165) is 6.42 Å². The number of nitrogens with one attached hydrogen (secondary N) is 2. The van der Waals surface area contributed by atoms with Crippen molar-refractivity contribution in [2.45, 2.75) is 37.6 Å². The van der Waals surface area contributed by atoms with E-state index in [1.807, 2.05) is 30.3 Å². The largest absolute Gasteiger partial charge is 0.383 e. The van der Waals surface area contributed by atoms with Crippen LogP contribution in [0.15, 0.2) is 53.3 Å². The molecule has 2 aromatic carbocycles. The van der Waals surface area contributed by atoms with Crippen LogP contribution in [0.2, 0.25) is 0 Å². The number of ether oxygens (including phenoxy) is 1. The molecule has 5 rings (SSSR count). The number of amides is 2. The van der Waals surface area contributed by atoms with Crippen LogP contribution < -0.4 is 16.2 Å². The van der Waals surface area contributed by atoms with E-state index < -0.39 is 11.9 Å². The topological polar surface area (TPSA) is 102 Å². The summed E-state index contributed by atoms with van der Waals surface area (Å²) in [5.74, 6) is -0.332. The molecule has 2 amide bonds. The first-order valence-electron chi connectivity index (χ1n) is 11.2. The summed E-state index contributed by atoms with van der Waals surface area (Å²) in [7, 11) is 0. The molecular weight excluding hydrogens is 420 g/mol. The monoisotopic (exact) mass is 446 g/mol. The normalized spacial score (nSPS) is 23.0. The van der Waals surface area contributed by atoms with Gasteiger partial charge in [0.25, 0.3) is 5.56 Å². The molecular formula is C25H26N4O4. The minimum Gasteiger partial charge on any atom is -0.383 e. The maximum atomic E-state index is 13.6. The molecule has 0 spiro atoms. The average Bonchev–Trinajstić information content (AvgIpc) is 3.29. The molecule has 2 atom stereocenters. The summed E-state index contributed by atoms with van der Waals surface area (Å²) < 4.78 is 7.18. The molecule has 0 bridgehead atoms. The maximum Gasteiger partial charge on any atom is 0.264 e. The first kappa shape index (κ1) is 21.3. The van der Waals surface area contributed by atoms with Gasteiger partial charge >= 0.3 is 0 Å². The number of benzene rings is 2. The van der Waals surface area contributed by atoms with Crippen molar-refractivity contribution in [3.63, 3.8) is 0 Å². The third-order valence-electron chi connectivity index (χ3n) is 6.73. The molecule has 170 valence electrons. The van der Waals surface area contributed by atoms with Crippen LogP contribution in [-0.2, 0) is 19.7 Å². The van der Waals surface area contributed by atoms with Crippen molar-refractivity contribution >= 4 is 28.4 Å². The summed E-state index contributed by atoms with van der Waals surface area (Å²) in [4.78, 5) is 42.3. The number of hydrogen-bond donors (Lipinski definition) is 2. The van der Waals surface area contributed by atoms with Crippen molar-refractivity contribution in [3.8, 4) is 0 Å². The number of hydrogen-bond acceptors (Lipinski definition) is 6. The number of anilines is 1. The molecule has 33 heavy (non-hydrogen) atoms. The number of fused-ring (bicyclic) bond motifs is 1. The number of piperidine rings is 1. The van der Waals surface area contributed by atoms with Crippen LogP contribution in [0.3, 0.4) is 0 Å². The smallest absolute Gasteiger partial charge is 0.264 e. The van der Waals surface area contributed by atoms with Crippen molar-refractivity contribution in [2.75, 3.05) is 25.1 Å². The number of imide groups is 1. The summed E-state index contributed by atoms with van der Waals surface area (Å²) >= 11 is 0. The Morgan fingerprint density at radius 1 is 1.15 bits per heavy atom. The van der Waals surface area contributed by atoms with Gasteiger partial charge in [0, 0.05) is 30.7 Å². The zero-order chi connectivity index (χ0) is 23.0. The van der Waals surface area contributed by atoms with Gasteiger partial charge in [-0.25, -0.2) is 4.98 Å². The van der Waals surface area contributed by atoms with E-state index in [0.29, 0.717) is 42.2 Å². The van der Waals surface area contributed by atoms with E-state index in [9.17, 15) is 14.4 Å². The molecule has 0 saturated carbocycles. The summed E-state index contributed by atoms with van der Waals surface area (Å²) in [5.41, 5.74) is 1.97. The summed E-state index contributed by atoms with van der Waals surface area (Å²) in [5, 5.41) is 6.26. The number of aryl methyl sites for hydroxylation is 1. The Morgan fingerprint density at radius 3 is 2.70 bits per heavy atom. The van der Waals surface area contributed by atoms with E-state index in [2.05, 4.69) is 27.8 Å². The van der Waals surface area contributed by atoms with Gasteiger partial charge in [0.2, 0.25) is 11.8 Å². The van der Waals surface area contributed by atoms with Crippen LogP contribution in [0.25, 0.3) is 10.9 Å². The molecule has 8 nitrogen and oxygen atoms in total. The fraction of sp³-hybridized carbons (Fsp3) is 0.360. The van der Waals surface area contributed by atoms with E-state index in [-0.39, 0.29) is 29.7 Å². The highest BCUT2D eigenvalue weighted by Crippen LogP contribution is 2.34. The molecule has 2 unspecified atom stereocenters. The third-order valence-corrected chi connectivity index (χ3v) is 6.73. The zero-order valence-electron chi connectivity index (χ0n) is 18.5. The molecule has 3 aromatic rings. The van der Waals surface area contributed by atoms with Gasteiger partial charge in [0.05, 0.1) is 17.5 Å². The lowest BCUT2D eigenvalue weighted by molar-refractivity contribution is -0.135. The highest BCUT2D eigenvalue weighted by molar-refractivity contribution is 5.99. The van der Waals surface area contributed by atoms with Gasteiger partial charge in [0.1, 0.15) is 11.9 Å². The molecule has 1 aromatic heterocycles. The minimum atomic E-state index is -0.751. The Kier molecular flexibility index (Phi) is 5.46. The highest BCUT2D eigenvalue weighted by atomic mass is 16.5. The molecule has 2 fully saturated rings. The first-order valence-corrected chi connectivity index (χ1v) is 11.2. The highest BCUT2D eigenvalue weighted by Gasteiger charge is 2.37. The predicted molar refractivity (Wildman–Crippen MR) is 124 cm³/mol. The number of rotatable bonds is 5. The quantitative estimate of drug-likeness (QED) is 0.584. The zero-order valence-corrected chi connectivity index (χ0v) is 18.5. The summed E-state index contributed by atoms with van der Waals surface area (Å²) in [6, 6.07) is 15.1. The van der Waals surface area contributed by atoms with Crippen LogP contribution in [0.5, 0.6) is 0 Å². The van der Waals surface area contributed by atoms with Gasteiger partial charge in [-0.05, 0) is 37.5 Å².